The largest absolute Gasteiger partial charge is 0.359 e. The minimum atomic E-state index is -0.620. The molecule has 0 bridgehead atoms. The van der Waals surface area contributed by atoms with Crippen molar-refractivity contribution in [3.05, 3.63) is 499 Å². The number of aliphatic imine (C=N–C) groups is 1. The van der Waals surface area contributed by atoms with Gasteiger partial charge in [0.25, 0.3) is 0 Å². The number of fused-ring (bicyclic) bond motifs is 11. The molecule has 0 saturated carbocycles. The van der Waals surface area contributed by atoms with Gasteiger partial charge in [0, 0.05) is 90.3 Å². The van der Waals surface area contributed by atoms with Gasteiger partial charge in [0.2, 0.25) is 0 Å². The summed E-state index contributed by atoms with van der Waals surface area (Å²) in [6.45, 7) is 0. The van der Waals surface area contributed by atoms with E-state index in [0.29, 0.717) is 5.82 Å². The molecule has 1 N–H and O–H groups in total. The first kappa shape index (κ1) is 72.8. The van der Waals surface area contributed by atoms with Crippen molar-refractivity contribution in [2.75, 3.05) is 0 Å². The highest BCUT2D eigenvalue weighted by Crippen LogP contribution is 2.57. The van der Waals surface area contributed by atoms with E-state index in [1.165, 1.54) is 99.4 Å². The lowest BCUT2D eigenvalue weighted by Gasteiger charge is -2.34. The van der Waals surface area contributed by atoms with Crippen LogP contribution in [-0.2, 0) is 11.8 Å². The minimum Gasteiger partial charge on any atom is -0.359 e. The van der Waals surface area contributed by atoms with Gasteiger partial charge in [0.05, 0.1) is 44.8 Å². The number of allylic oxidation sites excluding steroid dienone is 2. The van der Waals surface area contributed by atoms with Gasteiger partial charge in [-0.1, -0.05) is 358 Å². The quantitative estimate of drug-likeness (QED) is 0.111. The molecule has 2 aliphatic carbocycles. The molecule has 586 valence electrons. The van der Waals surface area contributed by atoms with Crippen molar-refractivity contribution in [1.29, 1.82) is 0 Å². The monoisotopic (exact) mass is 1590 g/mol. The Bertz CT molecular complexity index is 7860. The molecule has 0 fully saturated rings. The summed E-state index contributed by atoms with van der Waals surface area (Å²) in [5.41, 5.74) is 34.7. The molecule has 5 heterocycles. The van der Waals surface area contributed by atoms with E-state index in [-0.39, 0.29) is 12.1 Å². The van der Waals surface area contributed by atoms with Crippen LogP contribution in [0.3, 0.4) is 0 Å². The fourth-order valence-electron chi connectivity index (χ4n) is 20.4. The molecule has 3 aliphatic rings. The molecule has 0 amide bonds. The van der Waals surface area contributed by atoms with Gasteiger partial charge in [0.1, 0.15) is 6.17 Å². The Morgan fingerprint density at radius 3 is 1.60 bits per heavy atom. The van der Waals surface area contributed by atoms with E-state index in [0.717, 1.165) is 124 Å². The maximum atomic E-state index is 5.73. The fourth-order valence-corrected chi connectivity index (χ4v) is 20.4. The number of hydrogen-bond acceptors (Lipinski definition) is 5. The molecule has 2 unspecified atom stereocenters. The first-order valence-electron chi connectivity index (χ1n) is 43.1. The molecule has 7 heteroatoms. The lowest BCUT2D eigenvalue weighted by Crippen LogP contribution is -2.28. The third-order valence-corrected chi connectivity index (χ3v) is 26.2. The zero-order valence-corrected chi connectivity index (χ0v) is 68.3. The molecule has 125 heavy (non-hydrogen) atoms. The summed E-state index contributed by atoms with van der Waals surface area (Å²) in [4.78, 5) is 21.8. The van der Waals surface area contributed by atoms with Crippen molar-refractivity contribution in [1.82, 2.24) is 29.4 Å². The van der Waals surface area contributed by atoms with Gasteiger partial charge in [-0.05, 0) is 190 Å². The number of pyridine rings is 1. The maximum absolute atomic E-state index is 5.73. The summed E-state index contributed by atoms with van der Waals surface area (Å²) >= 11 is 0. The van der Waals surface area contributed by atoms with Crippen molar-refractivity contribution in [2.45, 2.75) is 23.9 Å². The molecule has 21 aromatic rings. The SMILES string of the molecule is C1=CC(c2ccccc2)Cc2c1n(-c1ccc(-c3cc(-c4ccc5c(c4)C(c4ccccc4)(c4ccccc4)c4ccccc4-5)nc(-c4ccc(-c5ccncc5-c5cccc(C6=NC(c7ccccc7)NC(c7ccc(-c8cccc(-n9c%10ccccc%10c%10ccccc%109)c8)c8ccccc78)=C6)c5)cc4)n3)c3ccccc13)c1ccc(-c3ccccc3)cc21. The summed E-state index contributed by atoms with van der Waals surface area (Å²) in [6, 6.07) is 153. The van der Waals surface area contributed by atoms with Crippen LogP contribution in [0.4, 0.5) is 0 Å². The molecule has 7 nitrogen and oxygen atoms in total. The normalized spacial score (nSPS) is 14.4. The van der Waals surface area contributed by atoms with E-state index >= 15 is 0 Å². The number of rotatable bonds is 15. The second-order valence-corrected chi connectivity index (χ2v) is 33.0. The van der Waals surface area contributed by atoms with Gasteiger partial charge in [-0.2, -0.15) is 0 Å². The number of aromatic nitrogens is 5. The van der Waals surface area contributed by atoms with Gasteiger partial charge in [-0.3, -0.25) is 9.98 Å². The predicted octanol–water partition coefficient (Wildman–Crippen LogP) is 28.7. The van der Waals surface area contributed by atoms with Crippen LogP contribution in [-0.4, -0.2) is 29.8 Å². The van der Waals surface area contributed by atoms with Crippen LogP contribution < -0.4 is 5.32 Å². The lowest BCUT2D eigenvalue weighted by molar-refractivity contribution is 0.664. The van der Waals surface area contributed by atoms with Gasteiger partial charge >= 0.3 is 0 Å². The zero-order chi connectivity index (χ0) is 82.5. The second kappa shape index (κ2) is 30.2. The third-order valence-electron chi connectivity index (χ3n) is 26.2. The summed E-state index contributed by atoms with van der Waals surface area (Å²) in [6.07, 6.45) is 11.4. The number of nitrogens with one attached hydrogen (secondary N) is 1. The van der Waals surface area contributed by atoms with Crippen molar-refractivity contribution in [3.63, 3.8) is 0 Å². The lowest BCUT2D eigenvalue weighted by atomic mass is 9.67. The van der Waals surface area contributed by atoms with Crippen molar-refractivity contribution in [3.8, 4) is 101 Å². The third kappa shape index (κ3) is 12.3. The van der Waals surface area contributed by atoms with Crippen LogP contribution in [0.25, 0.3) is 167 Å². The second-order valence-electron chi connectivity index (χ2n) is 33.0. The van der Waals surface area contributed by atoms with Gasteiger partial charge in [-0.15, -0.1) is 0 Å². The number of para-hydroxylation sites is 2. The molecule has 2 atom stereocenters. The van der Waals surface area contributed by atoms with Crippen LogP contribution in [0.5, 0.6) is 0 Å². The minimum absolute atomic E-state index is 0.241. The molecule has 0 saturated heterocycles. The number of benzene rings is 17. The van der Waals surface area contributed by atoms with E-state index in [9.17, 15) is 0 Å². The smallest absolute Gasteiger partial charge is 0.160 e. The number of nitrogens with zero attached hydrogens (tertiary/aromatic N) is 6. The standard InChI is InChI=1S/C118H79N7/c1-6-28-76(29-7-1)81-57-63-114-102(70-81)103-71-82(77-30-8-2-9-31-77)58-64-115(103)125(114)113-65-62-98(94-44-18-19-46-99(94)113)110-74-108(86-56-59-96-95-45-20-23-49-105(95)118(106(96)72-86,87-37-12-4-13-38-87)88-39-14-5-15-40-88)121-117(123-110)80-54-52-78(53-55-80)91-66-67-119-75-104(91)83-34-26-36-85(68-83)107-73-109(122-116(120-107)79-32-10-3-11-33-79)97-61-60-90(92-42-16-17-43-93(92)97)84-35-27-41-89(69-84)124-111-50-24-21-47-100(111)101-48-22-25-51-112(101)124/h1-70,72-75,82,116,122H,71H2. The Hall–Kier alpha value is -16.2. The van der Waals surface area contributed by atoms with E-state index in [4.69, 9.17) is 19.9 Å². The van der Waals surface area contributed by atoms with E-state index < -0.39 is 5.41 Å². The Labute approximate surface area is 725 Å². The molecule has 0 spiro atoms. The topological polar surface area (TPSA) is 72.9 Å². The average molecular weight is 1590 g/mol. The van der Waals surface area contributed by atoms with Crippen LogP contribution in [0.15, 0.2) is 448 Å². The first-order valence-corrected chi connectivity index (χ1v) is 43.1. The molecule has 24 rings (SSSR count). The van der Waals surface area contributed by atoms with Crippen LogP contribution in [0, 0.1) is 0 Å². The molecule has 0 radical (unpaired) electrons. The van der Waals surface area contributed by atoms with Gasteiger partial charge < -0.3 is 14.5 Å². The van der Waals surface area contributed by atoms with E-state index in [2.05, 4.69) is 451 Å². The van der Waals surface area contributed by atoms with Gasteiger partial charge in [0.15, 0.2) is 5.82 Å². The molecule has 17 aromatic carbocycles. The number of hydrogen-bond donors (Lipinski definition) is 1. The molecular weight excluding hydrogens is 1520 g/mol. The van der Waals surface area contributed by atoms with Crippen molar-refractivity contribution in [2.24, 2.45) is 4.99 Å². The Morgan fingerprint density at radius 1 is 0.320 bits per heavy atom. The van der Waals surface area contributed by atoms with Crippen molar-refractivity contribution < 1.29 is 0 Å². The highest BCUT2D eigenvalue weighted by atomic mass is 15.1. The molecule has 4 aromatic heterocycles. The summed E-state index contributed by atoms with van der Waals surface area (Å²) in [5, 5.41) is 12.2. The van der Waals surface area contributed by atoms with Gasteiger partial charge in [-0.25, -0.2) is 9.97 Å². The fraction of sp³-hybridized carbons (Fsp3) is 0.0339. The van der Waals surface area contributed by atoms with Crippen LogP contribution in [0.2, 0.25) is 0 Å². The van der Waals surface area contributed by atoms with E-state index in [1.54, 1.807) is 0 Å². The molecule has 1 aliphatic heterocycles. The summed E-state index contributed by atoms with van der Waals surface area (Å²) < 4.78 is 4.90. The summed E-state index contributed by atoms with van der Waals surface area (Å²) in [7, 11) is 0. The first-order chi connectivity index (χ1) is 62.0. The van der Waals surface area contributed by atoms with Crippen LogP contribution in [0.1, 0.15) is 67.8 Å². The maximum Gasteiger partial charge on any atom is 0.160 e. The molecular formula is C118H79N7. The van der Waals surface area contributed by atoms with Crippen molar-refractivity contribution >= 4 is 71.7 Å². The highest BCUT2D eigenvalue weighted by molar-refractivity contribution is 6.16. The van der Waals surface area contributed by atoms with Crippen LogP contribution >= 0.6 is 0 Å². The average Bonchev–Trinajstić information content (AvgIpc) is 1.53. The highest BCUT2D eigenvalue weighted by Gasteiger charge is 2.46. The predicted molar refractivity (Wildman–Crippen MR) is 517 cm³/mol. The Morgan fingerprint density at radius 2 is 0.864 bits per heavy atom. The van der Waals surface area contributed by atoms with E-state index in [1.807, 2.05) is 12.4 Å². The Kier molecular flexibility index (Phi) is 17.6. The summed E-state index contributed by atoms with van der Waals surface area (Å²) in [5.74, 6) is 0.859. The zero-order valence-electron chi connectivity index (χ0n) is 68.3. The Balaban J connectivity index is 0.613.